The van der Waals surface area contributed by atoms with Crippen molar-refractivity contribution in [3.63, 3.8) is 0 Å². The van der Waals surface area contributed by atoms with Crippen molar-refractivity contribution < 1.29 is 31.0 Å². The largest absolute Gasteiger partial charge is 0.506 e. The molecular weight excluding hydrogens is 582 g/mol. The SMILES string of the molecule is O=S(=O)(O)c1cc(N=Nc2c(O)ccc3ccccc23)cc2c(S(=O)(=O)O)cccc12.[Ba]. The second kappa shape index (κ2) is 9.21. The standard InChI is InChI=1S/C20H14N2O7S2.Ba/c23-17-9-8-12-4-1-2-5-14(12)20(17)22-21-13-10-16-15(19(11-13)31(27,28)29)6-3-7-18(16)30(24,25)26;/h1-11,23H,(H,24,25,26)(H,27,28,29);. The van der Waals surface area contributed by atoms with E-state index in [1.807, 2.05) is 0 Å². The molecule has 0 aliphatic carbocycles. The zero-order valence-electron chi connectivity index (χ0n) is 16.2. The van der Waals surface area contributed by atoms with Crippen LogP contribution in [-0.2, 0) is 20.2 Å². The normalized spacial score (nSPS) is 12.3. The van der Waals surface area contributed by atoms with Crippen LogP contribution in [0.1, 0.15) is 0 Å². The van der Waals surface area contributed by atoms with Gasteiger partial charge in [0.2, 0.25) is 0 Å². The van der Waals surface area contributed by atoms with E-state index in [1.165, 1.54) is 24.3 Å². The van der Waals surface area contributed by atoms with Gasteiger partial charge in [-0.15, -0.1) is 5.11 Å². The first-order valence-electron chi connectivity index (χ1n) is 8.70. The van der Waals surface area contributed by atoms with Crippen LogP contribution in [-0.4, -0.2) is 79.9 Å². The molecule has 0 saturated carbocycles. The van der Waals surface area contributed by atoms with Gasteiger partial charge in [-0.2, -0.15) is 21.9 Å². The Labute approximate surface area is 223 Å². The van der Waals surface area contributed by atoms with Crippen LogP contribution in [0, 0.1) is 0 Å². The van der Waals surface area contributed by atoms with Crippen molar-refractivity contribution in [2.75, 3.05) is 0 Å². The molecule has 0 atom stereocenters. The van der Waals surface area contributed by atoms with E-state index in [9.17, 15) is 31.0 Å². The minimum absolute atomic E-state index is 0. The van der Waals surface area contributed by atoms with E-state index in [4.69, 9.17) is 0 Å². The first-order chi connectivity index (χ1) is 14.6. The summed E-state index contributed by atoms with van der Waals surface area (Å²) in [6, 6.07) is 16.0. The number of nitrogens with zero attached hydrogens (tertiary/aromatic N) is 2. The molecule has 160 valence electrons. The first kappa shape index (κ1) is 24.8. The van der Waals surface area contributed by atoms with Crippen LogP contribution >= 0.6 is 0 Å². The minimum Gasteiger partial charge on any atom is -0.506 e. The van der Waals surface area contributed by atoms with Crippen molar-refractivity contribution >= 4 is 102 Å². The van der Waals surface area contributed by atoms with Crippen molar-refractivity contribution in [1.82, 2.24) is 0 Å². The molecule has 0 unspecified atom stereocenters. The number of hydrogen-bond donors (Lipinski definition) is 3. The summed E-state index contributed by atoms with van der Waals surface area (Å²) in [7, 11) is -9.47. The number of hydrogen-bond acceptors (Lipinski definition) is 7. The van der Waals surface area contributed by atoms with E-state index in [2.05, 4.69) is 10.2 Å². The van der Waals surface area contributed by atoms with Gasteiger partial charge in [0.05, 0.1) is 5.69 Å². The van der Waals surface area contributed by atoms with Crippen LogP contribution in [0.2, 0.25) is 0 Å². The van der Waals surface area contributed by atoms with Crippen LogP contribution in [0.15, 0.2) is 86.7 Å². The van der Waals surface area contributed by atoms with Crippen molar-refractivity contribution in [3.05, 3.63) is 66.7 Å². The molecule has 0 spiro atoms. The molecule has 0 amide bonds. The fraction of sp³-hybridized carbons (Fsp3) is 0. The predicted molar refractivity (Wildman–Crippen MR) is 119 cm³/mol. The average Bonchev–Trinajstić information content (AvgIpc) is 2.70. The van der Waals surface area contributed by atoms with Gasteiger partial charge < -0.3 is 5.11 Å². The topological polar surface area (TPSA) is 154 Å². The minimum atomic E-state index is -4.77. The average molecular weight is 596 g/mol. The number of rotatable bonds is 4. The van der Waals surface area contributed by atoms with Crippen molar-refractivity contribution in [1.29, 1.82) is 0 Å². The molecule has 0 aliphatic rings. The summed E-state index contributed by atoms with van der Waals surface area (Å²) in [4.78, 5) is -1.16. The fourth-order valence-corrected chi connectivity index (χ4v) is 4.68. The van der Waals surface area contributed by atoms with Crippen LogP contribution < -0.4 is 0 Å². The number of benzene rings is 4. The van der Waals surface area contributed by atoms with Crippen LogP contribution in [0.4, 0.5) is 11.4 Å². The Hall–Kier alpha value is -1.81. The van der Waals surface area contributed by atoms with Crippen LogP contribution in [0.25, 0.3) is 21.5 Å². The molecule has 4 aromatic rings. The van der Waals surface area contributed by atoms with E-state index >= 15 is 0 Å². The number of fused-ring (bicyclic) bond motifs is 2. The van der Waals surface area contributed by atoms with E-state index in [-0.39, 0.29) is 76.8 Å². The van der Waals surface area contributed by atoms with E-state index in [1.54, 1.807) is 30.3 Å². The third-order valence-corrected chi connectivity index (χ3v) is 6.41. The molecule has 0 bridgehead atoms. The van der Waals surface area contributed by atoms with E-state index in [0.29, 0.717) is 5.39 Å². The molecule has 0 heterocycles. The summed E-state index contributed by atoms with van der Waals surface area (Å²) >= 11 is 0. The summed E-state index contributed by atoms with van der Waals surface area (Å²) in [5.74, 6) is -0.170. The van der Waals surface area contributed by atoms with Crippen LogP contribution in [0.5, 0.6) is 5.75 Å². The third kappa shape index (κ3) is 4.90. The number of azo groups is 1. The molecule has 4 rings (SSSR count). The Morgan fingerprint density at radius 1 is 0.656 bits per heavy atom. The molecule has 0 aliphatic heterocycles. The molecule has 32 heavy (non-hydrogen) atoms. The Morgan fingerprint density at radius 2 is 1.31 bits per heavy atom. The number of phenols is 1. The predicted octanol–water partition coefficient (Wildman–Crippen LogP) is 4.23. The van der Waals surface area contributed by atoms with Crippen molar-refractivity contribution in [2.45, 2.75) is 9.79 Å². The van der Waals surface area contributed by atoms with Crippen molar-refractivity contribution in [3.8, 4) is 5.75 Å². The zero-order chi connectivity index (χ0) is 22.4. The molecule has 0 fully saturated rings. The van der Waals surface area contributed by atoms with E-state index < -0.39 is 30.0 Å². The molecule has 0 aromatic heterocycles. The fourth-order valence-electron chi connectivity index (χ4n) is 3.26. The summed E-state index contributed by atoms with van der Waals surface area (Å²) in [5.41, 5.74) is -0.00164. The van der Waals surface area contributed by atoms with Gasteiger partial charge in [0.25, 0.3) is 20.2 Å². The summed E-state index contributed by atoms with van der Waals surface area (Å²) in [6.07, 6.45) is 0. The van der Waals surface area contributed by atoms with Gasteiger partial charge in [0, 0.05) is 65.0 Å². The molecule has 2 radical (unpaired) electrons. The second-order valence-corrected chi connectivity index (χ2v) is 9.38. The summed E-state index contributed by atoms with van der Waals surface area (Å²) in [5, 5.41) is 19.2. The van der Waals surface area contributed by atoms with Gasteiger partial charge in [-0.05, 0) is 29.7 Å². The van der Waals surface area contributed by atoms with Gasteiger partial charge in [-0.3, -0.25) is 9.11 Å². The zero-order valence-corrected chi connectivity index (χ0v) is 22.3. The van der Waals surface area contributed by atoms with Gasteiger partial charge in [-0.1, -0.05) is 42.5 Å². The van der Waals surface area contributed by atoms with Gasteiger partial charge in [-0.25, -0.2) is 0 Å². The van der Waals surface area contributed by atoms with Crippen molar-refractivity contribution in [2.24, 2.45) is 10.2 Å². The maximum absolute atomic E-state index is 11.9. The maximum atomic E-state index is 11.9. The van der Waals surface area contributed by atoms with Gasteiger partial charge in [0.1, 0.15) is 21.2 Å². The summed E-state index contributed by atoms with van der Waals surface area (Å²) < 4.78 is 66.4. The molecule has 9 nitrogen and oxygen atoms in total. The van der Waals surface area contributed by atoms with E-state index in [0.717, 1.165) is 17.5 Å². The molecule has 3 N–H and O–H groups in total. The number of phenolic OH excluding ortho intramolecular Hbond substituents is 1. The maximum Gasteiger partial charge on any atom is 0.295 e. The monoisotopic (exact) mass is 596 g/mol. The Morgan fingerprint density at radius 3 is 2.00 bits per heavy atom. The smallest absolute Gasteiger partial charge is 0.295 e. The second-order valence-electron chi connectivity index (χ2n) is 6.60. The quantitative estimate of drug-likeness (QED) is 0.181. The molecule has 12 heteroatoms. The molecule has 0 saturated heterocycles. The van der Waals surface area contributed by atoms with Gasteiger partial charge >= 0.3 is 0 Å². The Balaban J connectivity index is 0.00000289. The number of aromatic hydroxyl groups is 1. The Kier molecular flexibility index (Phi) is 7.14. The van der Waals surface area contributed by atoms with Gasteiger partial charge in [0.15, 0.2) is 0 Å². The molecular formula is C20H14BaN2O7S2. The first-order valence-corrected chi connectivity index (χ1v) is 11.6. The molecule has 4 aromatic carbocycles. The Bertz CT molecular complexity index is 1600. The van der Waals surface area contributed by atoms with Crippen LogP contribution in [0.3, 0.4) is 0 Å². The third-order valence-electron chi connectivity index (χ3n) is 4.60. The summed E-state index contributed by atoms with van der Waals surface area (Å²) in [6.45, 7) is 0.